The van der Waals surface area contributed by atoms with Crippen LogP contribution in [0.4, 0.5) is 0 Å². The Morgan fingerprint density at radius 3 is 2.30 bits per heavy atom. The van der Waals surface area contributed by atoms with E-state index in [1.807, 2.05) is 13.8 Å². The molecular weight excluding hydrogens is 126 g/mol. The van der Waals surface area contributed by atoms with Gasteiger partial charge in [0.2, 0.25) is 0 Å². The molecule has 1 rings (SSSR count). The highest BCUT2D eigenvalue weighted by Gasteiger charge is 2.05. The van der Waals surface area contributed by atoms with Gasteiger partial charge in [-0.2, -0.15) is 0 Å². The molecule has 0 aliphatic heterocycles. The highest BCUT2D eigenvalue weighted by molar-refractivity contribution is 5.90. The summed E-state index contributed by atoms with van der Waals surface area (Å²) in [6.45, 7) is 4.00. The van der Waals surface area contributed by atoms with E-state index < -0.39 is 0 Å². The van der Waals surface area contributed by atoms with Crippen LogP contribution in [0.2, 0.25) is 0 Å². The zero-order chi connectivity index (χ0) is 7.98. The first-order valence-corrected chi connectivity index (χ1v) is 3.78. The van der Waals surface area contributed by atoms with E-state index >= 15 is 0 Å². The molecule has 0 heterocycles. The van der Waals surface area contributed by atoms with Crippen molar-refractivity contribution in [2.75, 3.05) is 0 Å². The summed E-state index contributed by atoms with van der Waals surface area (Å²) in [6.07, 6.45) is 4.04. The number of allylic oxidation sites excluding steroid dienone is 2. The van der Waals surface area contributed by atoms with E-state index in [1.165, 1.54) is 6.08 Å². The molecule has 0 aromatic carbocycles. The number of carbonyl (C=O) groups is 1. The Bertz CT molecular complexity index is 138. The van der Waals surface area contributed by atoms with Gasteiger partial charge in [0.1, 0.15) is 0 Å². The van der Waals surface area contributed by atoms with Gasteiger partial charge in [0.25, 0.3) is 0 Å². The summed E-state index contributed by atoms with van der Waals surface area (Å²) in [4.78, 5) is 10.5. The highest BCUT2D eigenvalue weighted by atomic mass is 16.1. The Hall–Kier alpha value is -0.790. The quantitative estimate of drug-likeness (QED) is 0.557. The van der Waals surface area contributed by atoms with Crippen LogP contribution in [-0.4, -0.2) is 5.78 Å². The first-order chi connectivity index (χ1) is 4.79. The fraction of sp³-hybridized carbons (Fsp3) is 0.625. The van der Waals surface area contributed by atoms with E-state index in [9.17, 15) is 4.79 Å². The number of ketones is 1. The van der Waals surface area contributed by atoms with Gasteiger partial charge in [-0.1, -0.05) is 13.8 Å². The lowest BCUT2D eigenvalue weighted by Gasteiger charge is -2.04. The second-order valence-electron chi connectivity index (χ2n) is 2.04. The van der Waals surface area contributed by atoms with Crippen LogP contribution in [0.1, 0.15) is 33.1 Å². The molecule has 0 fully saturated rings. The first kappa shape index (κ1) is 9.21. The fourth-order valence-corrected chi connectivity index (χ4v) is 0.818. The minimum atomic E-state index is 0.175. The molecule has 2 nitrogen and oxygen atoms in total. The topological polar surface area (TPSA) is 43.1 Å². The number of hydrogen-bond donors (Lipinski definition) is 1. The SMILES string of the molecule is CC.NC1=CC(=O)CCC1. The molecule has 1 aliphatic rings. The van der Waals surface area contributed by atoms with Gasteiger partial charge in [-0.25, -0.2) is 0 Å². The molecule has 0 amide bonds. The van der Waals surface area contributed by atoms with E-state index in [-0.39, 0.29) is 5.78 Å². The van der Waals surface area contributed by atoms with Crippen molar-refractivity contribution in [3.8, 4) is 0 Å². The molecule has 10 heavy (non-hydrogen) atoms. The molecule has 0 bridgehead atoms. The van der Waals surface area contributed by atoms with E-state index in [0.29, 0.717) is 6.42 Å². The van der Waals surface area contributed by atoms with Gasteiger partial charge in [0, 0.05) is 12.1 Å². The molecule has 0 spiro atoms. The molecule has 2 N–H and O–H groups in total. The molecule has 2 heteroatoms. The minimum absolute atomic E-state index is 0.175. The van der Waals surface area contributed by atoms with Gasteiger partial charge < -0.3 is 5.73 Å². The largest absolute Gasteiger partial charge is 0.402 e. The van der Waals surface area contributed by atoms with Crippen LogP contribution in [0.3, 0.4) is 0 Å². The molecule has 0 aromatic rings. The Labute approximate surface area is 62.1 Å². The van der Waals surface area contributed by atoms with E-state index in [1.54, 1.807) is 0 Å². The van der Waals surface area contributed by atoms with Crippen molar-refractivity contribution in [1.29, 1.82) is 0 Å². The first-order valence-electron chi connectivity index (χ1n) is 3.78. The Morgan fingerprint density at radius 2 is 2.00 bits per heavy atom. The zero-order valence-corrected chi connectivity index (χ0v) is 6.68. The van der Waals surface area contributed by atoms with Crippen LogP contribution in [-0.2, 0) is 4.79 Å². The number of nitrogens with two attached hydrogens (primary N) is 1. The van der Waals surface area contributed by atoms with Crippen molar-refractivity contribution in [3.63, 3.8) is 0 Å². The average molecular weight is 141 g/mol. The van der Waals surface area contributed by atoms with E-state index in [0.717, 1.165) is 18.5 Å². The van der Waals surface area contributed by atoms with Gasteiger partial charge >= 0.3 is 0 Å². The van der Waals surface area contributed by atoms with Crippen LogP contribution < -0.4 is 5.73 Å². The van der Waals surface area contributed by atoms with Crippen molar-refractivity contribution in [2.45, 2.75) is 33.1 Å². The van der Waals surface area contributed by atoms with Crippen LogP contribution in [0.15, 0.2) is 11.8 Å². The standard InChI is InChI=1S/C6H9NO.C2H6/c7-5-2-1-3-6(8)4-5;1-2/h4H,1-3,7H2;1-2H3. The van der Waals surface area contributed by atoms with Crippen molar-refractivity contribution in [1.82, 2.24) is 0 Å². The van der Waals surface area contributed by atoms with Crippen molar-refractivity contribution >= 4 is 5.78 Å². The number of rotatable bonds is 0. The maximum Gasteiger partial charge on any atom is 0.157 e. The summed E-state index contributed by atoms with van der Waals surface area (Å²) >= 11 is 0. The smallest absolute Gasteiger partial charge is 0.157 e. The zero-order valence-electron chi connectivity index (χ0n) is 6.68. The third-order valence-corrected chi connectivity index (χ3v) is 1.24. The van der Waals surface area contributed by atoms with Crippen molar-refractivity contribution in [3.05, 3.63) is 11.8 Å². The lowest BCUT2D eigenvalue weighted by molar-refractivity contribution is -0.115. The molecular formula is C8H15NO. The van der Waals surface area contributed by atoms with Crippen LogP contribution in [0.5, 0.6) is 0 Å². The third kappa shape index (κ3) is 3.28. The van der Waals surface area contributed by atoms with Gasteiger partial charge in [-0.05, 0) is 18.9 Å². The van der Waals surface area contributed by atoms with Crippen LogP contribution in [0.25, 0.3) is 0 Å². The lowest BCUT2D eigenvalue weighted by Crippen LogP contribution is -2.07. The highest BCUT2D eigenvalue weighted by Crippen LogP contribution is 2.09. The summed E-state index contributed by atoms with van der Waals surface area (Å²) < 4.78 is 0. The molecule has 1 aliphatic carbocycles. The Morgan fingerprint density at radius 1 is 1.40 bits per heavy atom. The predicted octanol–water partition coefficient (Wildman–Crippen LogP) is 1.61. The Kier molecular flexibility index (Phi) is 4.63. The minimum Gasteiger partial charge on any atom is -0.402 e. The summed E-state index contributed by atoms with van der Waals surface area (Å²) in [6, 6.07) is 0. The molecule has 0 atom stereocenters. The molecule has 0 radical (unpaired) electrons. The Balaban J connectivity index is 0.000000371. The van der Waals surface area contributed by atoms with Gasteiger partial charge in [0.15, 0.2) is 5.78 Å². The van der Waals surface area contributed by atoms with Crippen LogP contribution in [0, 0.1) is 0 Å². The van der Waals surface area contributed by atoms with Gasteiger partial charge in [0.05, 0.1) is 0 Å². The average Bonchev–Trinajstić information content (AvgIpc) is 1.91. The molecule has 0 saturated carbocycles. The summed E-state index contributed by atoms with van der Waals surface area (Å²) in [5.41, 5.74) is 6.10. The molecule has 0 unspecified atom stereocenters. The van der Waals surface area contributed by atoms with E-state index in [4.69, 9.17) is 5.73 Å². The van der Waals surface area contributed by atoms with E-state index in [2.05, 4.69) is 0 Å². The monoisotopic (exact) mass is 141 g/mol. The van der Waals surface area contributed by atoms with Gasteiger partial charge in [-0.3, -0.25) is 4.79 Å². The summed E-state index contributed by atoms with van der Waals surface area (Å²) in [7, 11) is 0. The number of carbonyl (C=O) groups excluding carboxylic acids is 1. The fourth-order valence-electron chi connectivity index (χ4n) is 0.818. The maximum absolute atomic E-state index is 10.5. The normalized spacial score (nSPS) is 17.0. The maximum atomic E-state index is 10.5. The third-order valence-electron chi connectivity index (χ3n) is 1.24. The summed E-state index contributed by atoms with van der Waals surface area (Å²) in [5.74, 6) is 0.175. The molecule has 58 valence electrons. The second kappa shape index (κ2) is 5.03. The van der Waals surface area contributed by atoms with Crippen LogP contribution >= 0.6 is 0 Å². The lowest BCUT2D eigenvalue weighted by atomic mass is 10.0. The molecule has 0 aromatic heterocycles. The predicted molar refractivity (Wildman–Crippen MR) is 42.5 cm³/mol. The number of hydrogen-bond acceptors (Lipinski definition) is 2. The van der Waals surface area contributed by atoms with Gasteiger partial charge in [-0.15, -0.1) is 0 Å². The summed E-state index contributed by atoms with van der Waals surface area (Å²) in [5, 5.41) is 0. The molecule has 0 saturated heterocycles. The van der Waals surface area contributed by atoms with Crippen molar-refractivity contribution < 1.29 is 4.79 Å². The second-order valence-corrected chi connectivity index (χ2v) is 2.04. The van der Waals surface area contributed by atoms with Crippen molar-refractivity contribution in [2.24, 2.45) is 5.73 Å².